The molecule has 4 rings (SSSR count). The van der Waals surface area contributed by atoms with Crippen LogP contribution < -0.4 is 4.90 Å². The van der Waals surface area contributed by atoms with Crippen LogP contribution in [0.2, 0.25) is 0 Å². The Balaban J connectivity index is 1.42. The van der Waals surface area contributed by atoms with Crippen molar-refractivity contribution in [3.8, 4) is 0 Å². The Kier molecular flexibility index (Phi) is 4.12. The zero-order valence-electron chi connectivity index (χ0n) is 13.7. The number of piperidine rings is 1. The third-order valence-electron chi connectivity index (χ3n) is 5.04. The van der Waals surface area contributed by atoms with Gasteiger partial charge in [0.2, 0.25) is 0 Å². The number of rotatable bonds is 3. The van der Waals surface area contributed by atoms with Crippen LogP contribution in [-0.4, -0.2) is 42.6 Å². The molecular formula is C19H22N2O3. The predicted octanol–water partition coefficient (Wildman–Crippen LogP) is 2.68. The van der Waals surface area contributed by atoms with Crippen LogP contribution in [0.25, 0.3) is 0 Å². The van der Waals surface area contributed by atoms with E-state index in [0.717, 1.165) is 43.9 Å². The van der Waals surface area contributed by atoms with Gasteiger partial charge in [-0.1, -0.05) is 18.2 Å². The molecule has 2 aliphatic heterocycles. The van der Waals surface area contributed by atoms with Crippen LogP contribution in [0.4, 0.5) is 5.69 Å². The van der Waals surface area contributed by atoms with Gasteiger partial charge in [0, 0.05) is 18.8 Å². The molecule has 126 valence electrons. The second kappa shape index (κ2) is 6.42. The van der Waals surface area contributed by atoms with Gasteiger partial charge in [0.05, 0.1) is 25.0 Å². The summed E-state index contributed by atoms with van der Waals surface area (Å²) in [6, 6.07) is 13.8. The normalized spacial score (nSPS) is 21.3. The summed E-state index contributed by atoms with van der Waals surface area (Å²) in [6.45, 7) is 3.57. The van der Waals surface area contributed by atoms with Gasteiger partial charge in [0.1, 0.15) is 12.4 Å². The second-order valence-corrected chi connectivity index (χ2v) is 6.64. The maximum absolute atomic E-state index is 12.3. The Labute approximate surface area is 141 Å². The topological polar surface area (TPSA) is 45.9 Å². The monoisotopic (exact) mass is 326 g/mol. The predicted molar refractivity (Wildman–Crippen MR) is 90.7 cm³/mol. The zero-order valence-corrected chi connectivity index (χ0v) is 13.7. The van der Waals surface area contributed by atoms with Crippen molar-refractivity contribution in [2.24, 2.45) is 0 Å². The molecule has 2 aromatic rings. The van der Waals surface area contributed by atoms with Crippen LogP contribution in [0.5, 0.6) is 0 Å². The first-order valence-electron chi connectivity index (χ1n) is 8.48. The Morgan fingerprint density at radius 1 is 1.04 bits per heavy atom. The van der Waals surface area contributed by atoms with Crippen LogP contribution in [0.1, 0.15) is 18.6 Å². The van der Waals surface area contributed by atoms with Gasteiger partial charge >= 0.3 is 0 Å². The maximum Gasteiger partial charge on any atom is 0.253 e. The van der Waals surface area contributed by atoms with Crippen LogP contribution in [0.15, 0.2) is 53.1 Å². The van der Waals surface area contributed by atoms with E-state index in [1.54, 1.807) is 6.26 Å². The number of morpholine rings is 1. The molecule has 2 saturated heterocycles. The molecule has 0 saturated carbocycles. The summed E-state index contributed by atoms with van der Waals surface area (Å²) in [7, 11) is 0. The van der Waals surface area contributed by atoms with Crippen molar-refractivity contribution in [3.05, 3.63) is 54.5 Å². The number of carbonyl (C=O) groups excluding carboxylic acids is 1. The van der Waals surface area contributed by atoms with Crippen molar-refractivity contribution in [1.82, 2.24) is 4.90 Å². The summed E-state index contributed by atoms with van der Waals surface area (Å²) < 4.78 is 11.4. The molecule has 1 aromatic carbocycles. The average molecular weight is 326 g/mol. The number of hydrogen-bond donors (Lipinski definition) is 0. The van der Waals surface area contributed by atoms with E-state index in [9.17, 15) is 4.79 Å². The molecule has 0 radical (unpaired) electrons. The number of hydrogen-bond acceptors (Lipinski definition) is 4. The molecule has 1 aromatic heterocycles. The molecule has 1 amide bonds. The van der Waals surface area contributed by atoms with E-state index >= 15 is 0 Å². The van der Waals surface area contributed by atoms with E-state index in [2.05, 4.69) is 4.90 Å². The lowest BCUT2D eigenvalue weighted by molar-refractivity contribution is -0.145. The molecule has 3 heterocycles. The molecule has 0 atom stereocenters. The SMILES string of the molecule is O=C1COC2(CCN(Cc3ccco3)CC2)CN1c1ccccc1. The summed E-state index contributed by atoms with van der Waals surface area (Å²) in [5.74, 6) is 1.04. The first-order chi connectivity index (χ1) is 11.7. The molecule has 0 bridgehead atoms. The first-order valence-corrected chi connectivity index (χ1v) is 8.48. The van der Waals surface area contributed by atoms with Gasteiger partial charge < -0.3 is 14.1 Å². The number of nitrogens with zero attached hydrogens (tertiary/aromatic N) is 2. The van der Waals surface area contributed by atoms with E-state index in [0.29, 0.717) is 6.54 Å². The van der Waals surface area contributed by atoms with Crippen LogP contribution in [0.3, 0.4) is 0 Å². The van der Waals surface area contributed by atoms with Gasteiger partial charge in [-0.2, -0.15) is 0 Å². The number of para-hydroxylation sites is 1. The van der Waals surface area contributed by atoms with E-state index in [1.165, 1.54) is 0 Å². The Bertz CT molecular complexity index is 676. The zero-order chi connectivity index (χ0) is 16.4. The summed E-state index contributed by atoms with van der Waals surface area (Å²) in [4.78, 5) is 16.5. The summed E-state index contributed by atoms with van der Waals surface area (Å²) in [6.07, 6.45) is 3.59. The van der Waals surface area contributed by atoms with E-state index < -0.39 is 0 Å². The molecule has 0 unspecified atom stereocenters. The fourth-order valence-electron chi connectivity index (χ4n) is 3.60. The minimum Gasteiger partial charge on any atom is -0.468 e. The molecular weight excluding hydrogens is 304 g/mol. The van der Waals surface area contributed by atoms with Gasteiger partial charge in [0.25, 0.3) is 5.91 Å². The molecule has 2 aliphatic rings. The number of benzene rings is 1. The quantitative estimate of drug-likeness (QED) is 0.870. The largest absolute Gasteiger partial charge is 0.468 e. The van der Waals surface area contributed by atoms with Crippen LogP contribution in [-0.2, 0) is 16.1 Å². The van der Waals surface area contributed by atoms with Crippen molar-refractivity contribution in [2.45, 2.75) is 25.0 Å². The van der Waals surface area contributed by atoms with E-state index in [1.807, 2.05) is 47.4 Å². The fourth-order valence-corrected chi connectivity index (χ4v) is 3.60. The minimum absolute atomic E-state index is 0.0461. The highest BCUT2D eigenvalue weighted by atomic mass is 16.5. The lowest BCUT2D eigenvalue weighted by Gasteiger charge is -2.46. The molecule has 24 heavy (non-hydrogen) atoms. The highest BCUT2D eigenvalue weighted by Gasteiger charge is 2.42. The Morgan fingerprint density at radius 3 is 2.54 bits per heavy atom. The van der Waals surface area contributed by atoms with Crippen LogP contribution in [0, 0.1) is 0 Å². The summed E-state index contributed by atoms with van der Waals surface area (Å²) in [5, 5.41) is 0. The number of amides is 1. The lowest BCUT2D eigenvalue weighted by atomic mass is 9.89. The number of carbonyl (C=O) groups is 1. The van der Waals surface area contributed by atoms with Crippen molar-refractivity contribution in [3.63, 3.8) is 0 Å². The fraction of sp³-hybridized carbons (Fsp3) is 0.421. The molecule has 2 fully saturated rings. The molecule has 5 nitrogen and oxygen atoms in total. The maximum atomic E-state index is 12.3. The lowest BCUT2D eigenvalue weighted by Crippen LogP contribution is -2.58. The van der Waals surface area contributed by atoms with Crippen molar-refractivity contribution in [2.75, 3.05) is 31.1 Å². The number of likely N-dealkylation sites (tertiary alicyclic amines) is 1. The number of furan rings is 1. The minimum atomic E-state index is -0.219. The van der Waals surface area contributed by atoms with Crippen molar-refractivity contribution < 1.29 is 13.9 Å². The summed E-state index contributed by atoms with van der Waals surface area (Å²) in [5.41, 5.74) is 0.742. The van der Waals surface area contributed by atoms with Gasteiger partial charge in [-0.05, 0) is 37.1 Å². The molecule has 5 heteroatoms. The first kappa shape index (κ1) is 15.4. The molecule has 0 N–H and O–H groups in total. The Morgan fingerprint density at radius 2 is 1.83 bits per heavy atom. The highest BCUT2D eigenvalue weighted by Crippen LogP contribution is 2.33. The number of ether oxygens (including phenoxy) is 1. The average Bonchev–Trinajstić information content (AvgIpc) is 3.13. The van der Waals surface area contributed by atoms with E-state index in [-0.39, 0.29) is 18.1 Å². The molecule has 0 aliphatic carbocycles. The summed E-state index contributed by atoms with van der Waals surface area (Å²) >= 11 is 0. The molecule has 1 spiro atoms. The second-order valence-electron chi connectivity index (χ2n) is 6.64. The third-order valence-corrected chi connectivity index (χ3v) is 5.04. The van der Waals surface area contributed by atoms with Crippen molar-refractivity contribution in [1.29, 1.82) is 0 Å². The number of anilines is 1. The van der Waals surface area contributed by atoms with Crippen LogP contribution >= 0.6 is 0 Å². The van der Waals surface area contributed by atoms with Gasteiger partial charge in [0.15, 0.2) is 0 Å². The van der Waals surface area contributed by atoms with Gasteiger partial charge in [-0.25, -0.2) is 0 Å². The smallest absolute Gasteiger partial charge is 0.253 e. The van der Waals surface area contributed by atoms with Crippen molar-refractivity contribution >= 4 is 11.6 Å². The standard InChI is InChI=1S/C19H22N2O3/c22-18-14-24-19(15-21(18)16-5-2-1-3-6-16)8-10-20(11-9-19)13-17-7-4-12-23-17/h1-7,12H,8-11,13-15H2. The third kappa shape index (κ3) is 3.09. The van der Waals surface area contributed by atoms with E-state index in [4.69, 9.17) is 9.15 Å². The highest BCUT2D eigenvalue weighted by molar-refractivity contribution is 5.95. The van der Waals surface area contributed by atoms with Gasteiger partial charge in [-0.15, -0.1) is 0 Å². The van der Waals surface area contributed by atoms with Gasteiger partial charge in [-0.3, -0.25) is 9.69 Å². The Hall–Kier alpha value is -2.11.